The van der Waals surface area contributed by atoms with Gasteiger partial charge in [-0.25, -0.2) is 13.2 Å². The van der Waals surface area contributed by atoms with Crippen molar-refractivity contribution in [3.63, 3.8) is 0 Å². The quantitative estimate of drug-likeness (QED) is 0.475. The zero-order chi connectivity index (χ0) is 25.4. The molecule has 0 fully saturated rings. The van der Waals surface area contributed by atoms with E-state index in [9.17, 15) is 18.0 Å². The van der Waals surface area contributed by atoms with E-state index in [0.29, 0.717) is 17.1 Å². The maximum atomic E-state index is 13.7. The summed E-state index contributed by atoms with van der Waals surface area (Å²) in [6, 6.07) is 9.57. The molecule has 0 aliphatic rings. The average molecular weight is 506 g/mol. The molecule has 2 aromatic carbocycles. The molecule has 0 spiro atoms. The lowest BCUT2D eigenvalue weighted by Gasteiger charge is -2.33. The minimum absolute atomic E-state index is 0.0433. The van der Waals surface area contributed by atoms with Crippen molar-refractivity contribution in [1.82, 2.24) is 15.4 Å². The summed E-state index contributed by atoms with van der Waals surface area (Å²) < 4.78 is 27.4. The van der Waals surface area contributed by atoms with Gasteiger partial charge in [0.05, 0.1) is 4.90 Å². The molecule has 0 radical (unpaired) electrons. The van der Waals surface area contributed by atoms with Crippen LogP contribution in [0.4, 0.5) is 4.79 Å². The van der Waals surface area contributed by atoms with Crippen molar-refractivity contribution < 1.29 is 22.8 Å². The first-order valence-electron chi connectivity index (χ1n) is 10.7. The Hall–Kier alpha value is -3.04. The van der Waals surface area contributed by atoms with Crippen LogP contribution in [0.2, 0.25) is 5.02 Å². The summed E-state index contributed by atoms with van der Waals surface area (Å²) in [7, 11) is -4.14. The number of aromatic nitrogens is 1. The second-order valence-corrected chi connectivity index (χ2v) is 11.4. The van der Waals surface area contributed by atoms with Gasteiger partial charge in [0.25, 0.3) is 0 Å². The third-order valence-electron chi connectivity index (χ3n) is 5.29. The van der Waals surface area contributed by atoms with Gasteiger partial charge in [0.2, 0.25) is 9.84 Å². The topological polar surface area (TPSA) is 109 Å². The van der Waals surface area contributed by atoms with Crippen molar-refractivity contribution in [2.45, 2.75) is 56.9 Å². The Labute approximate surface area is 204 Å². The van der Waals surface area contributed by atoms with Gasteiger partial charge in [-0.3, -0.25) is 4.79 Å². The van der Waals surface area contributed by atoms with Crippen molar-refractivity contribution in [1.29, 1.82) is 0 Å². The van der Waals surface area contributed by atoms with Crippen molar-refractivity contribution in [3.05, 3.63) is 58.2 Å². The minimum Gasteiger partial charge on any atom is -0.349 e. The number of fused-ring (bicyclic) bond motifs is 1. The highest BCUT2D eigenvalue weighted by molar-refractivity contribution is 7.91. The van der Waals surface area contributed by atoms with Gasteiger partial charge in [0, 0.05) is 28.0 Å². The van der Waals surface area contributed by atoms with E-state index < -0.39 is 27.4 Å². The first-order valence-corrected chi connectivity index (χ1v) is 12.5. The number of carbonyl (C=O) groups is 2. The van der Waals surface area contributed by atoms with Gasteiger partial charge >= 0.3 is 12.0 Å². The first-order chi connectivity index (χ1) is 15.8. The van der Waals surface area contributed by atoms with Gasteiger partial charge in [-0.15, -0.1) is 0 Å². The molecule has 0 saturated heterocycles. The van der Waals surface area contributed by atoms with Crippen LogP contribution in [0, 0.1) is 13.8 Å². The van der Waals surface area contributed by atoms with Crippen LogP contribution in [0.25, 0.3) is 10.9 Å². The van der Waals surface area contributed by atoms with Crippen LogP contribution in [0.5, 0.6) is 0 Å². The van der Waals surface area contributed by atoms with Gasteiger partial charge in [-0.1, -0.05) is 17.7 Å². The number of benzene rings is 2. The molecule has 3 rings (SSSR count). The number of nitrogens with one attached hydrogen (secondary N) is 2. The van der Waals surface area contributed by atoms with Gasteiger partial charge in [0.1, 0.15) is 10.6 Å². The first kappa shape index (κ1) is 25.6. The minimum atomic E-state index is -4.14. The Kier molecular flexibility index (Phi) is 7.00. The monoisotopic (exact) mass is 505 g/mol. The van der Waals surface area contributed by atoms with Gasteiger partial charge < -0.3 is 14.7 Å². The number of sulfone groups is 1. The largest absolute Gasteiger partial charge is 0.434 e. The Bertz CT molecular complexity index is 1350. The van der Waals surface area contributed by atoms with E-state index in [1.54, 1.807) is 32.9 Å². The highest BCUT2D eigenvalue weighted by Gasteiger charge is 2.32. The fourth-order valence-electron chi connectivity index (χ4n) is 3.86. The van der Waals surface area contributed by atoms with Gasteiger partial charge in [-0.2, -0.15) is 5.48 Å². The average Bonchev–Trinajstić information content (AvgIpc) is 3.10. The predicted molar refractivity (Wildman–Crippen MR) is 131 cm³/mol. The Morgan fingerprint density at radius 2 is 1.71 bits per heavy atom. The van der Waals surface area contributed by atoms with Gasteiger partial charge in [-0.05, 0) is 83.0 Å². The van der Waals surface area contributed by atoms with Crippen LogP contribution in [0.1, 0.15) is 49.3 Å². The molecule has 0 aliphatic carbocycles. The van der Waals surface area contributed by atoms with Crippen molar-refractivity contribution in [3.8, 4) is 0 Å². The number of nitrogens with zero attached hydrogens (tertiary/aromatic N) is 1. The van der Waals surface area contributed by atoms with Crippen molar-refractivity contribution in [2.24, 2.45) is 0 Å². The molecule has 8 nitrogen and oxygen atoms in total. The standard InChI is InChI=1S/C24H28ClN3O5S/c1-7-28(24(4,5)6)23(30)33-27-22(29)20-21(18-13-16(25)8-9-19(18)26-20)34(31,32)17-11-14(2)10-15(3)12-17/h8-13,26H,7H2,1-6H3,(H,27,29). The maximum absolute atomic E-state index is 13.7. The number of hydroxylamine groups is 1. The van der Waals surface area contributed by atoms with E-state index in [4.69, 9.17) is 16.4 Å². The summed E-state index contributed by atoms with van der Waals surface area (Å²) in [6.45, 7) is 11.2. The van der Waals surface area contributed by atoms with E-state index in [1.165, 1.54) is 23.1 Å². The maximum Gasteiger partial charge on any atom is 0.434 e. The number of H-pyrrole nitrogens is 1. The lowest BCUT2D eigenvalue weighted by atomic mass is 10.1. The number of rotatable bonds is 4. The second-order valence-electron chi connectivity index (χ2n) is 9.06. The number of aryl methyl sites for hydroxylation is 2. The highest BCUT2D eigenvalue weighted by atomic mass is 35.5. The normalized spacial score (nSPS) is 12.0. The molecule has 0 atom stereocenters. The molecular formula is C24H28ClN3O5S. The summed E-state index contributed by atoms with van der Waals surface area (Å²) in [5.41, 5.74) is 3.21. The fourth-order valence-corrected chi connectivity index (χ4v) is 5.82. The second kappa shape index (κ2) is 9.31. The summed E-state index contributed by atoms with van der Waals surface area (Å²) in [4.78, 5) is 34.6. The highest BCUT2D eigenvalue weighted by Crippen LogP contribution is 2.34. The van der Waals surface area contributed by atoms with Crippen molar-refractivity contribution >= 4 is 44.3 Å². The Morgan fingerprint density at radius 1 is 1.09 bits per heavy atom. The number of hydrogen-bond acceptors (Lipinski definition) is 5. The number of hydrogen-bond donors (Lipinski definition) is 2. The zero-order valence-corrected chi connectivity index (χ0v) is 21.5. The van der Waals surface area contributed by atoms with E-state index in [2.05, 4.69) is 10.5 Å². The molecule has 3 aromatic rings. The lowest BCUT2D eigenvalue weighted by molar-refractivity contribution is 0.0274. The third kappa shape index (κ3) is 5.05. The van der Waals surface area contributed by atoms with Crippen LogP contribution in [0.3, 0.4) is 0 Å². The SMILES string of the molecule is CCN(C(=O)ONC(=O)c1[nH]c2ccc(Cl)cc2c1S(=O)(=O)c1cc(C)cc(C)c1)C(C)(C)C. The smallest absolute Gasteiger partial charge is 0.349 e. The Balaban J connectivity index is 2.08. The Morgan fingerprint density at radius 3 is 2.26 bits per heavy atom. The van der Waals surface area contributed by atoms with E-state index in [0.717, 1.165) is 11.1 Å². The van der Waals surface area contributed by atoms with Crippen LogP contribution in [-0.2, 0) is 14.7 Å². The molecule has 34 heavy (non-hydrogen) atoms. The predicted octanol–water partition coefficient (Wildman–Crippen LogP) is 5.17. The molecule has 2 N–H and O–H groups in total. The number of halogens is 1. The van der Waals surface area contributed by atoms with Crippen LogP contribution >= 0.6 is 11.6 Å². The third-order valence-corrected chi connectivity index (χ3v) is 7.34. The van der Waals surface area contributed by atoms with Gasteiger partial charge in [0.15, 0.2) is 0 Å². The molecule has 1 aromatic heterocycles. The molecule has 0 aliphatic heterocycles. The van der Waals surface area contributed by atoms with Crippen LogP contribution in [-0.4, -0.2) is 42.4 Å². The molecule has 10 heteroatoms. The molecular weight excluding hydrogens is 478 g/mol. The fraction of sp³-hybridized carbons (Fsp3) is 0.333. The molecule has 0 unspecified atom stereocenters. The van der Waals surface area contributed by atoms with Crippen LogP contribution < -0.4 is 5.48 Å². The molecule has 1 heterocycles. The van der Waals surface area contributed by atoms with E-state index >= 15 is 0 Å². The molecule has 2 amide bonds. The van der Waals surface area contributed by atoms with Crippen LogP contribution in [0.15, 0.2) is 46.2 Å². The van der Waals surface area contributed by atoms with Crippen molar-refractivity contribution in [2.75, 3.05) is 6.54 Å². The summed E-state index contributed by atoms with van der Waals surface area (Å²) in [6.07, 6.45) is -0.763. The lowest BCUT2D eigenvalue weighted by Crippen LogP contribution is -2.47. The molecule has 182 valence electrons. The van der Waals surface area contributed by atoms with E-state index in [-0.39, 0.29) is 20.9 Å². The molecule has 0 bridgehead atoms. The number of aromatic amines is 1. The summed E-state index contributed by atoms with van der Waals surface area (Å²) in [5.74, 6) is -0.909. The summed E-state index contributed by atoms with van der Waals surface area (Å²) in [5, 5.41) is 0.568. The summed E-state index contributed by atoms with van der Waals surface area (Å²) >= 11 is 6.14. The number of amides is 2. The molecule has 0 saturated carbocycles. The zero-order valence-electron chi connectivity index (χ0n) is 19.9. The number of carbonyl (C=O) groups excluding carboxylic acids is 2. The van der Waals surface area contributed by atoms with E-state index in [1.807, 2.05) is 26.8 Å².